The highest BCUT2D eigenvalue weighted by Crippen LogP contribution is 2.68. The molecule has 4 atom stereocenters. The van der Waals surface area contributed by atoms with E-state index >= 15 is 0 Å². The van der Waals surface area contributed by atoms with Gasteiger partial charge in [-0.1, -0.05) is 0 Å². The Kier molecular flexibility index (Phi) is 1.32. The molecule has 1 aliphatic heterocycles. The van der Waals surface area contributed by atoms with Gasteiger partial charge >= 0.3 is 5.97 Å². The van der Waals surface area contributed by atoms with Crippen molar-refractivity contribution in [3.63, 3.8) is 0 Å². The highest BCUT2D eigenvalue weighted by Gasteiger charge is 2.75. The first-order chi connectivity index (χ1) is 5.38. The third-order valence-corrected chi connectivity index (χ3v) is 4.74. The van der Waals surface area contributed by atoms with Crippen LogP contribution in [0.2, 0.25) is 0 Å². The summed E-state index contributed by atoms with van der Waals surface area (Å²) in [4.78, 5) is 19.5. The predicted molar refractivity (Wildman–Crippen MR) is 39.1 cm³/mol. The van der Waals surface area contributed by atoms with Crippen molar-refractivity contribution >= 4 is 13.3 Å². The zero-order valence-electron chi connectivity index (χ0n) is 6.17. The molecule has 0 aromatic heterocycles. The summed E-state index contributed by atoms with van der Waals surface area (Å²) in [5.74, 6) is -2.26. The van der Waals surface area contributed by atoms with Gasteiger partial charge in [-0.25, -0.2) is 4.79 Å². The Morgan fingerprint density at radius 3 is 2.17 bits per heavy atom. The maximum absolute atomic E-state index is 11.0. The number of hydrogen-bond acceptors (Lipinski definition) is 3. The molecule has 2 aliphatic rings. The molecule has 2 fully saturated rings. The number of carbonyl (C=O) groups is 1. The Morgan fingerprint density at radius 1 is 1.42 bits per heavy atom. The van der Waals surface area contributed by atoms with Gasteiger partial charge in [-0.2, -0.15) is 0 Å². The van der Waals surface area contributed by atoms with Gasteiger partial charge in [-0.05, 0) is 0 Å². The van der Waals surface area contributed by atoms with Crippen molar-refractivity contribution in [1.29, 1.82) is 0 Å². The molecule has 1 saturated heterocycles. The maximum Gasteiger partial charge on any atom is 0.336 e. The molecular weight excluding hydrogens is 183 g/mol. The summed E-state index contributed by atoms with van der Waals surface area (Å²) in [7, 11) is -3.09. The summed E-state index contributed by atoms with van der Waals surface area (Å²) in [6.07, 6.45) is -0.0824. The SMILES string of the molecule is O=C(O)C1(O)[C@@H]2CP(=O)(O)C[C@@H]21. The van der Waals surface area contributed by atoms with Crippen LogP contribution in [0.15, 0.2) is 0 Å². The molecule has 5 nitrogen and oxygen atoms in total. The number of carboxylic acid groups (broad SMARTS) is 1. The van der Waals surface area contributed by atoms with Gasteiger partial charge in [0.25, 0.3) is 0 Å². The molecule has 0 spiro atoms. The van der Waals surface area contributed by atoms with Crippen LogP contribution >= 0.6 is 7.37 Å². The van der Waals surface area contributed by atoms with Crippen LogP contribution in [0.4, 0.5) is 0 Å². The Hall–Kier alpha value is -0.380. The fraction of sp³-hybridized carbons (Fsp3) is 0.833. The lowest BCUT2D eigenvalue weighted by Crippen LogP contribution is -2.29. The molecule has 1 saturated carbocycles. The normalized spacial score (nSPS) is 56.5. The summed E-state index contributed by atoms with van der Waals surface area (Å²) in [5, 5.41) is 18.0. The van der Waals surface area contributed by atoms with E-state index < -0.39 is 30.8 Å². The van der Waals surface area contributed by atoms with Gasteiger partial charge < -0.3 is 15.1 Å². The first kappa shape index (κ1) is 8.23. The van der Waals surface area contributed by atoms with Gasteiger partial charge in [0.1, 0.15) is 0 Å². The van der Waals surface area contributed by atoms with Crippen molar-refractivity contribution in [2.75, 3.05) is 12.3 Å². The third kappa shape index (κ3) is 0.815. The van der Waals surface area contributed by atoms with Gasteiger partial charge in [0.15, 0.2) is 5.60 Å². The number of aliphatic carboxylic acids is 1. The van der Waals surface area contributed by atoms with Crippen LogP contribution in [0.25, 0.3) is 0 Å². The summed E-state index contributed by atoms with van der Waals surface area (Å²) < 4.78 is 11.0. The zero-order valence-corrected chi connectivity index (χ0v) is 7.07. The largest absolute Gasteiger partial charge is 0.479 e. The second-order valence-electron chi connectivity index (χ2n) is 3.55. The van der Waals surface area contributed by atoms with Crippen LogP contribution in [-0.4, -0.2) is 39.0 Å². The van der Waals surface area contributed by atoms with Crippen molar-refractivity contribution in [3.05, 3.63) is 0 Å². The molecule has 0 radical (unpaired) electrons. The molecule has 0 aromatic rings. The lowest BCUT2D eigenvalue weighted by atomic mass is 10.2. The Balaban J connectivity index is 2.18. The van der Waals surface area contributed by atoms with Crippen LogP contribution in [0.1, 0.15) is 0 Å². The van der Waals surface area contributed by atoms with E-state index in [0.29, 0.717) is 0 Å². The van der Waals surface area contributed by atoms with Crippen molar-refractivity contribution < 1.29 is 24.5 Å². The molecule has 0 aromatic carbocycles. The second-order valence-corrected chi connectivity index (χ2v) is 5.98. The number of hydrogen-bond donors (Lipinski definition) is 3. The quantitative estimate of drug-likeness (QED) is 0.479. The molecule has 0 amide bonds. The maximum atomic E-state index is 11.0. The number of aliphatic hydroxyl groups is 1. The molecule has 6 heteroatoms. The number of fused-ring (bicyclic) bond motifs is 1. The average Bonchev–Trinajstić information content (AvgIpc) is 2.38. The fourth-order valence-electron chi connectivity index (χ4n) is 2.06. The van der Waals surface area contributed by atoms with Gasteiger partial charge in [-0.3, -0.25) is 4.57 Å². The highest BCUT2D eigenvalue weighted by atomic mass is 31.2. The molecule has 1 aliphatic carbocycles. The van der Waals surface area contributed by atoms with E-state index in [-0.39, 0.29) is 12.3 Å². The minimum Gasteiger partial charge on any atom is -0.479 e. The van der Waals surface area contributed by atoms with Crippen molar-refractivity contribution in [2.24, 2.45) is 11.8 Å². The smallest absolute Gasteiger partial charge is 0.336 e. The van der Waals surface area contributed by atoms with Gasteiger partial charge in [0.2, 0.25) is 7.37 Å². The predicted octanol–water partition coefficient (Wildman–Crippen LogP) is -0.668. The monoisotopic (exact) mass is 192 g/mol. The Bertz CT molecular complexity index is 282. The van der Waals surface area contributed by atoms with Gasteiger partial charge in [0.05, 0.1) is 0 Å². The topological polar surface area (TPSA) is 94.8 Å². The molecule has 0 bridgehead atoms. The van der Waals surface area contributed by atoms with Gasteiger partial charge in [0, 0.05) is 24.2 Å². The molecule has 2 unspecified atom stereocenters. The van der Waals surface area contributed by atoms with Crippen molar-refractivity contribution in [1.82, 2.24) is 0 Å². The first-order valence-corrected chi connectivity index (χ1v) is 5.67. The van der Waals surface area contributed by atoms with Crippen LogP contribution in [0.3, 0.4) is 0 Å². The molecule has 2 rings (SSSR count). The van der Waals surface area contributed by atoms with Gasteiger partial charge in [-0.15, -0.1) is 0 Å². The molecule has 68 valence electrons. The minimum absolute atomic E-state index is 0.0412. The van der Waals surface area contributed by atoms with E-state index in [2.05, 4.69) is 0 Å². The molecule has 12 heavy (non-hydrogen) atoms. The summed E-state index contributed by atoms with van der Waals surface area (Å²) >= 11 is 0. The van der Waals surface area contributed by atoms with E-state index in [1.165, 1.54) is 0 Å². The van der Waals surface area contributed by atoms with E-state index in [4.69, 9.17) is 10.00 Å². The summed E-state index contributed by atoms with van der Waals surface area (Å²) in [6, 6.07) is 0. The van der Waals surface area contributed by atoms with E-state index in [1.54, 1.807) is 0 Å². The van der Waals surface area contributed by atoms with Crippen LogP contribution in [-0.2, 0) is 9.36 Å². The third-order valence-electron chi connectivity index (χ3n) is 2.81. The summed E-state index contributed by atoms with van der Waals surface area (Å²) in [6.45, 7) is 0. The van der Waals surface area contributed by atoms with Crippen molar-refractivity contribution in [3.8, 4) is 0 Å². The lowest BCUT2D eigenvalue weighted by Gasteiger charge is -2.11. The Labute approximate surface area is 68.5 Å². The number of carboxylic acids is 1. The highest BCUT2D eigenvalue weighted by molar-refractivity contribution is 7.58. The zero-order chi connectivity index (χ0) is 9.15. The van der Waals surface area contributed by atoms with Crippen molar-refractivity contribution in [2.45, 2.75) is 5.60 Å². The standard InChI is InChI=1S/C6H9O5P/c7-5(8)6(9)3-1-12(10,11)2-4(3)6/h3-4,9H,1-2H2,(H,7,8)(H,10,11)/t3-,4+,6?. The van der Waals surface area contributed by atoms with Crippen LogP contribution in [0.5, 0.6) is 0 Å². The molecule has 3 N–H and O–H groups in total. The summed E-state index contributed by atoms with van der Waals surface area (Å²) in [5.41, 5.74) is -1.70. The minimum atomic E-state index is -3.09. The molecule has 1 heterocycles. The Morgan fingerprint density at radius 2 is 1.83 bits per heavy atom. The van der Waals surface area contributed by atoms with Crippen LogP contribution < -0.4 is 0 Å². The first-order valence-electron chi connectivity index (χ1n) is 3.64. The fourth-order valence-corrected chi connectivity index (χ4v) is 4.51. The van der Waals surface area contributed by atoms with Crippen LogP contribution in [0, 0.1) is 11.8 Å². The lowest BCUT2D eigenvalue weighted by molar-refractivity contribution is -0.150. The van der Waals surface area contributed by atoms with E-state index in [0.717, 1.165) is 0 Å². The van der Waals surface area contributed by atoms with E-state index in [9.17, 15) is 14.5 Å². The second kappa shape index (κ2) is 1.92. The van der Waals surface area contributed by atoms with E-state index in [1.807, 2.05) is 0 Å². The average molecular weight is 192 g/mol. The molecular formula is C6H9O5P. The number of rotatable bonds is 1.